The summed E-state index contributed by atoms with van der Waals surface area (Å²) < 4.78 is 0. The van der Waals surface area contributed by atoms with Crippen LogP contribution in [0.25, 0.3) is 0 Å². The van der Waals surface area contributed by atoms with Crippen LogP contribution in [-0.2, 0) is 0 Å². The first kappa shape index (κ1) is 18.3. The molecule has 18 heavy (non-hydrogen) atoms. The fraction of sp³-hybridized carbons (Fsp3) is 1.00. The maximum atomic E-state index is 3.71. The Labute approximate surface area is 120 Å². The van der Waals surface area contributed by atoms with E-state index in [2.05, 4.69) is 58.6 Å². The minimum Gasteiger partial charge on any atom is -0.313 e. The monoisotopic (exact) mass is 273 g/mol. The van der Waals surface area contributed by atoms with Crippen molar-refractivity contribution in [3.63, 3.8) is 0 Å². The van der Waals surface area contributed by atoms with E-state index in [0.717, 1.165) is 5.25 Å². The highest BCUT2D eigenvalue weighted by atomic mass is 32.2. The Hall–Kier alpha value is 0.310. The molecule has 0 amide bonds. The normalized spacial score (nSPS) is 15.7. The molecule has 0 spiro atoms. The van der Waals surface area contributed by atoms with Gasteiger partial charge in [0.25, 0.3) is 0 Å². The van der Waals surface area contributed by atoms with E-state index < -0.39 is 0 Å². The summed E-state index contributed by atoms with van der Waals surface area (Å²) in [5, 5.41) is 4.52. The minimum atomic E-state index is 0.485. The van der Waals surface area contributed by atoms with Crippen molar-refractivity contribution >= 4 is 11.8 Å². The van der Waals surface area contributed by atoms with Crippen molar-refractivity contribution in [2.45, 2.75) is 84.9 Å². The highest BCUT2D eigenvalue weighted by Gasteiger charge is 2.13. The molecule has 2 unspecified atom stereocenters. The molecule has 0 heterocycles. The number of rotatable bonds is 10. The molecule has 0 aromatic heterocycles. The summed E-state index contributed by atoms with van der Waals surface area (Å²) in [6.07, 6.45) is 6.55. The Balaban J connectivity index is 3.90. The van der Waals surface area contributed by atoms with Gasteiger partial charge in [-0.2, -0.15) is 11.8 Å². The summed E-state index contributed by atoms with van der Waals surface area (Å²) in [5.74, 6) is 1.28. The zero-order chi connectivity index (χ0) is 14.0. The molecule has 0 radical (unpaired) electrons. The molecule has 2 atom stereocenters. The lowest BCUT2D eigenvalue weighted by Gasteiger charge is -2.23. The van der Waals surface area contributed by atoms with E-state index in [9.17, 15) is 0 Å². The molecule has 1 nitrogen and oxygen atoms in total. The smallest absolute Gasteiger partial charge is 0.0158 e. The second-order valence-electron chi connectivity index (χ2n) is 6.66. The maximum Gasteiger partial charge on any atom is 0.0158 e. The van der Waals surface area contributed by atoms with Gasteiger partial charge in [0.15, 0.2) is 0 Å². The highest BCUT2D eigenvalue weighted by Crippen LogP contribution is 2.23. The zero-order valence-electron chi connectivity index (χ0n) is 13.5. The van der Waals surface area contributed by atoms with Gasteiger partial charge >= 0.3 is 0 Å². The van der Waals surface area contributed by atoms with Gasteiger partial charge in [0.2, 0.25) is 0 Å². The number of hydrogen-bond acceptors (Lipinski definition) is 2. The predicted octanol–water partition coefficient (Wildman–Crippen LogP) is 5.10. The molecular formula is C16H35NS. The third kappa shape index (κ3) is 11.4. The van der Waals surface area contributed by atoms with Gasteiger partial charge in [-0.15, -0.1) is 0 Å². The average Bonchev–Trinajstić information content (AvgIpc) is 2.29. The second kappa shape index (κ2) is 10.1. The van der Waals surface area contributed by atoms with E-state index in [0.29, 0.717) is 11.5 Å². The van der Waals surface area contributed by atoms with Gasteiger partial charge in [-0.3, -0.25) is 0 Å². The molecule has 0 aliphatic rings. The van der Waals surface area contributed by atoms with Gasteiger partial charge in [-0.25, -0.2) is 0 Å². The first-order valence-electron chi connectivity index (χ1n) is 7.74. The lowest BCUT2D eigenvalue weighted by atomic mass is 9.89. The molecule has 0 saturated carbocycles. The quantitative estimate of drug-likeness (QED) is 0.594. The van der Waals surface area contributed by atoms with Crippen LogP contribution in [0.1, 0.15) is 73.6 Å². The van der Waals surface area contributed by atoms with Crippen LogP contribution in [0.15, 0.2) is 0 Å². The zero-order valence-corrected chi connectivity index (χ0v) is 14.3. The van der Waals surface area contributed by atoms with E-state index in [1.807, 2.05) is 0 Å². The van der Waals surface area contributed by atoms with E-state index in [1.54, 1.807) is 0 Å². The van der Waals surface area contributed by atoms with E-state index in [-0.39, 0.29) is 0 Å². The summed E-state index contributed by atoms with van der Waals surface area (Å²) in [4.78, 5) is 0. The standard InChI is InChI=1S/C16H35NS/c1-7-12-17-15(13-18-14(3)8-2)10-9-11-16(4,5)6/h14-15,17H,7-13H2,1-6H3. The van der Waals surface area contributed by atoms with Gasteiger partial charge in [-0.05, 0) is 37.6 Å². The van der Waals surface area contributed by atoms with Crippen LogP contribution in [-0.4, -0.2) is 23.6 Å². The molecule has 1 N–H and O–H groups in total. The van der Waals surface area contributed by atoms with Gasteiger partial charge in [0, 0.05) is 17.0 Å². The Kier molecular flexibility index (Phi) is 10.3. The van der Waals surface area contributed by atoms with E-state index in [4.69, 9.17) is 0 Å². The van der Waals surface area contributed by atoms with Crippen molar-refractivity contribution in [1.82, 2.24) is 5.32 Å². The molecule has 0 bridgehead atoms. The van der Waals surface area contributed by atoms with Crippen LogP contribution >= 0.6 is 11.8 Å². The van der Waals surface area contributed by atoms with Crippen LogP contribution in [0.5, 0.6) is 0 Å². The Morgan fingerprint density at radius 3 is 2.33 bits per heavy atom. The van der Waals surface area contributed by atoms with Crippen molar-refractivity contribution < 1.29 is 0 Å². The Bertz CT molecular complexity index is 186. The first-order valence-corrected chi connectivity index (χ1v) is 8.79. The molecule has 0 rings (SSSR count). The first-order chi connectivity index (χ1) is 8.39. The van der Waals surface area contributed by atoms with Crippen molar-refractivity contribution in [3.05, 3.63) is 0 Å². The summed E-state index contributed by atoms with van der Waals surface area (Å²) in [6.45, 7) is 15.1. The van der Waals surface area contributed by atoms with Gasteiger partial charge in [-0.1, -0.05) is 48.0 Å². The van der Waals surface area contributed by atoms with Crippen LogP contribution < -0.4 is 5.32 Å². The molecule has 110 valence electrons. The topological polar surface area (TPSA) is 12.0 Å². The molecule has 0 aromatic rings. The summed E-state index contributed by atoms with van der Waals surface area (Å²) in [7, 11) is 0. The second-order valence-corrected chi connectivity index (χ2v) is 8.13. The summed E-state index contributed by atoms with van der Waals surface area (Å²) in [5.41, 5.74) is 0.485. The van der Waals surface area contributed by atoms with Crippen LogP contribution in [0, 0.1) is 5.41 Å². The minimum absolute atomic E-state index is 0.485. The van der Waals surface area contributed by atoms with E-state index >= 15 is 0 Å². The lowest BCUT2D eigenvalue weighted by molar-refractivity contribution is 0.347. The summed E-state index contributed by atoms with van der Waals surface area (Å²) >= 11 is 2.13. The largest absolute Gasteiger partial charge is 0.313 e. The average molecular weight is 274 g/mol. The van der Waals surface area contributed by atoms with Gasteiger partial charge in [0.1, 0.15) is 0 Å². The SMILES string of the molecule is CCCNC(CCCC(C)(C)C)CSC(C)CC. The highest BCUT2D eigenvalue weighted by molar-refractivity contribution is 7.99. The van der Waals surface area contributed by atoms with Crippen LogP contribution in [0.4, 0.5) is 0 Å². The molecule has 0 fully saturated rings. The molecule has 0 saturated heterocycles. The third-order valence-corrected chi connectivity index (χ3v) is 4.82. The molecule has 0 aliphatic carbocycles. The number of nitrogens with one attached hydrogen (secondary N) is 1. The molecule has 0 aromatic carbocycles. The predicted molar refractivity (Wildman–Crippen MR) is 87.6 cm³/mol. The number of hydrogen-bond donors (Lipinski definition) is 1. The van der Waals surface area contributed by atoms with Crippen LogP contribution in [0.3, 0.4) is 0 Å². The van der Waals surface area contributed by atoms with Gasteiger partial charge < -0.3 is 5.32 Å². The van der Waals surface area contributed by atoms with Crippen molar-refractivity contribution in [2.75, 3.05) is 12.3 Å². The van der Waals surface area contributed by atoms with E-state index in [1.165, 1.54) is 44.4 Å². The maximum absolute atomic E-state index is 3.71. The van der Waals surface area contributed by atoms with Crippen LogP contribution in [0.2, 0.25) is 0 Å². The van der Waals surface area contributed by atoms with Crippen molar-refractivity contribution in [3.8, 4) is 0 Å². The molecular weight excluding hydrogens is 238 g/mol. The molecule has 2 heteroatoms. The Morgan fingerprint density at radius 1 is 1.17 bits per heavy atom. The van der Waals surface area contributed by atoms with Gasteiger partial charge in [0.05, 0.1) is 0 Å². The fourth-order valence-electron chi connectivity index (χ4n) is 1.87. The Morgan fingerprint density at radius 2 is 1.83 bits per heavy atom. The van der Waals surface area contributed by atoms with Crippen molar-refractivity contribution in [2.24, 2.45) is 5.41 Å². The third-order valence-electron chi connectivity index (χ3n) is 3.32. The fourth-order valence-corrected chi connectivity index (χ4v) is 2.95. The molecule has 0 aliphatic heterocycles. The number of thioether (sulfide) groups is 1. The lowest BCUT2D eigenvalue weighted by Crippen LogP contribution is -2.32. The summed E-state index contributed by atoms with van der Waals surface area (Å²) in [6, 6.07) is 0.714. The van der Waals surface area contributed by atoms with Crippen molar-refractivity contribution in [1.29, 1.82) is 0 Å².